The zero-order valence-corrected chi connectivity index (χ0v) is 14.4. The molecule has 22 heavy (non-hydrogen) atoms. The molecule has 1 heterocycles. The molecule has 1 heteroatoms. The van der Waals surface area contributed by atoms with Gasteiger partial charge < -0.3 is 4.90 Å². The number of rotatable bonds is 6. The molecule has 0 spiro atoms. The standard InChI is InChI=1S/C21H33N/c1-17-5-3-6-19(10-9-17)7-4-8-20-13-15-22(16-14-20)18(2)21-11-12-21/h3,6,10,17,20-21H,2,4-5,7-9,11-16H2,1H3. The van der Waals surface area contributed by atoms with Crippen LogP contribution in [0.3, 0.4) is 0 Å². The van der Waals surface area contributed by atoms with E-state index in [9.17, 15) is 0 Å². The Balaban J connectivity index is 1.34. The Kier molecular flexibility index (Phi) is 5.44. The van der Waals surface area contributed by atoms with Gasteiger partial charge in [0.1, 0.15) is 0 Å². The predicted octanol–water partition coefficient (Wildman–Crippen LogP) is 5.70. The Bertz CT molecular complexity index is 433. The Morgan fingerprint density at radius 3 is 2.68 bits per heavy atom. The predicted molar refractivity (Wildman–Crippen MR) is 95.6 cm³/mol. The summed E-state index contributed by atoms with van der Waals surface area (Å²) in [5.41, 5.74) is 3.03. The lowest BCUT2D eigenvalue weighted by Crippen LogP contribution is -2.33. The van der Waals surface area contributed by atoms with E-state index >= 15 is 0 Å². The zero-order valence-electron chi connectivity index (χ0n) is 14.4. The minimum Gasteiger partial charge on any atom is -0.375 e. The van der Waals surface area contributed by atoms with E-state index in [0.717, 1.165) is 17.8 Å². The molecule has 0 radical (unpaired) electrons. The number of hydrogen-bond donors (Lipinski definition) is 0. The Morgan fingerprint density at radius 2 is 1.95 bits per heavy atom. The molecule has 1 atom stereocenters. The summed E-state index contributed by atoms with van der Waals surface area (Å²) >= 11 is 0. The third-order valence-corrected chi connectivity index (χ3v) is 5.80. The van der Waals surface area contributed by atoms with Crippen LogP contribution in [0, 0.1) is 17.8 Å². The third-order valence-electron chi connectivity index (χ3n) is 5.80. The largest absolute Gasteiger partial charge is 0.375 e. The highest BCUT2D eigenvalue weighted by molar-refractivity contribution is 5.20. The minimum absolute atomic E-state index is 0.831. The van der Waals surface area contributed by atoms with Gasteiger partial charge in [0, 0.05) is 18.8 Å². The summed E-state index contributed by atoms with van der Waals surface area (Å²) in [5, 5.41) is 0. The van der Waals surface area contributed by atoms with Crippen molar-refractivity contribution in [2.75, 3.05) is 13.1 Å². The second-order valence-electron chi connectivity index (χ2n) is 7.85. The van der Waals surface area contributed by atoms with Crippen LogP contribution in [-0.2, 0) is 0 Å². The number of piperidine rings is 1. The van der Waals surface area contributed by atoms with Gasteiger partial charge in [-0.2, -0.15) is 0 Å². The molecule has 0 aromatic carbocycles. The number of nitrogens with zero attached hydrogens (tertiary/aromatic N) is 1. The van der Waals surface area contributed by atoms with E-state index in [1.165, 1.54) is 76.6 Å². The lowest BCUT2D eigenvalue weighted by molar-refractivity contribution is 0.210. The molecule has 3 rings (SSSR count). The van der Waals surface area contributed by atoms with Gasteiger partial charge in [-0.05, 0) is 69.1 Å². The molecule has 0 bridgehead atoms. The van der Waals surface area contributed by atoms with Crippen molar-refractivity contribution in [1.82, 2.24) is 4.90 Å². The maximum Gasteiger partial charge on any atom is 0.0177 e. The molecule has 1 nitrogen and oxygen atoms in total. The van der Waals surface area contributed by atoms with Gasteiger partial charge >= 0.3 is 0 Å². The molecular weight excluding hydrogens is 266 g/mol. The summed E-state index contributed by atoms with van der Waals surface area (Å²) in [4.78, 5) is 2.58. The van der Waals surface area contributed by atoms with E-state index in [2.05, 4.69) is 36.6 Å². The first kappa shape index (κ1) is 15.9. The molecule has 2 fully saturated rings. The van der Waals surface area contributed by atoms with Crippen LogP contribution >= 0.6 is 0 Å². The third kappa shape index (κ3) is 4.51. The van der Waals surface area contributed by atoms with Crippen LogP contribution in [0.1, 0.15) is 64.7 Å². The molecule has 1 unspecified atom stereocenters. The minimum atomic E-state index is 0.831. The van der Waals surface area contributed by atoms with Crippen molar-refractivity contribution in [3.63, 3.8) is 0 Å². The zero-order chi connectivity index (χ0) is 15.4. The Hall–Kier alpha value is -0.980. The average molecular weight is 300 g/mol. The number of likely N-dealkylation sites (tertiary alicyclic amines) is 1. The molecule has 2 aliphatic carbocycles. The van der Waals surface area contributed by atoms with Crippen LogP contribution in [0.2, 0.25) is 0 Å². The second-order valence-corrected chi connectivity index (χ2v) is 7.85. The molecule has 122 valence electrons. The van der Waals surface area contributed by atoms with E-state index in [4.69, 9.17) is 0 Å². The van der Waals surface area contributed by atoms with E-state index < -0.39 is 0 Å². The van der Waals surface area contributed by atoms with Crippen molar-refractivity contribution in [2.24, 2.45) is 17.8 Å². The monoisotopic (exact) mass is 299 g/mol. The van der Waals surface area contributed by atoms with E-state index in [0.29, 0.717) is 0 Å². The van der Waals surface area contributed by atoms with Crippen LogP contribution in [0.5, 0.6) is 0 Å². The van der Waals surface area contributed by atoms with Crippen molar-refractivity contribution in [3.05, 3.63) is 36.1 Å². The molecule has 0 aromatic rings. The first-order valence-corrected chi connectivity index (χ1v) is 9.51. The normalized spacial score (nSPS) is 26.7. The van der Waals surface area contributed by atoms with Gasteiger partial charge in [-0.25, -0.2) is 0 Å². The highest BCUT2D eigenvalue weighted by Gasteiger charge is 2.30. The quantitative estimate of drug-likeness (QED) is 0.607. The highest BCUT2D eigenvalue weighted by atomic mass is 15.1. The first-order valence-electron chi connectivity index (χ1n) is 9.51. The Morgan fingerprint density at radius 1 is 1.18 bits per heavy atom. The summed E-state index contributed by atoms with van der Waals surface area (Å²) in [7, 11) is 0. The van der Waals surface area contributed by atoms with Gasteiger partial charge in [-0.1, -0.05) is 43.7 Å². The lowest BCUT2D eigenvalue weighted by Gasteiger charge is -2.35. The van der Waals surface area contributed by atoms with Gasteiger partial charge in [0.25, 0.3) is 0 Å². The van der Waals surface area contributed by atoms with Crippen molar-refractivity contribution < 1.29 is 0 Å². The topological polar surface area (TPSA) is 3.24 Å². The van der Waals surface area contributed by atoms with Gasteiger partial charge in [0.05, 0.1) is 0 Å². The van der Waals surface area contributed by atoms with Crippen molar-refractivity contribution in [2.45, 2.75) is 64.7 Å². The summed E-state index contributed by atoms with van der Waals surface area (Å²) in [6.07, 6.45) is 19.4. The first-order chi connectivity index (χ1) is 10.7. The fraction of sp³-hybridized carbons (Fsp3) is 0.714. The summed E-state index contributed by atoms with van der Waals surface area (Å²) in [5.74, 6) is 2.63. The van der Waals surface area contributed by atoms with Gasteiger partial charge in [0.15, 0.2) is 0 Å². The van der Waals surface area contributed by atoms with Crippen LogP contribution < -0.4 is 0 Å². The molecule has 0 aromatic heterocycles. The SMILES string of the molecule is C=C(C1CC1)N1CCC(CCCC2=CCC(C)CC=C2)CC1. The van der Waals surface area contributed by atoms with Gasteiger partial charge in [-0.3, -0.25) is 0 Å². The van der Waals surface area contributed by atoms with E-state index in [1.54, 1.807) is 5.57 Å². The fourth-order valence-corrected chi connectivity index (χ4v) is 3.93. The summed E-state index contributed by atoms with van der Waals surface area (Å²) < 4.78 is 0. The van der Waals surface area contributed by atoms with Crippen LogP contribution in [0.15, 0.2) is 36.1 Å². The maximum absolute atomic E-state index is 4.31. The van der Waals surface area contributed by atoms with E-state index in [-0.39, 0.29) is 0 Å². The molecule has 1 aliphatic heterocycles. The van der Waals surface area contributed by atoms with Gasteiger partial charge in [0.2, 0.25) is 0 Å². The number of allylic oxidation sites excluding steroid dienone is 5. The van der Waals surface area contributed by atoms with Crippen LogP contribution in [0.25, 0.3) is 0 Å². The summed E-state index contributed by atoms with van der Waals surface area (Å²) in [6, 6.07) is 0. The molecule has 3 aliphatic rings. The molecule has 0 amide bonds. The maximum atomic E-state index is 4.31. The lowest BCUT2D eigenvalue weighted by atomic mass is 9.90. The van der Waals surface area contributed by atoms with E-state index in [1.807, 2.05) is 0 Å². The highest BCUT2D eigenvalue weighted by Crippen LogP contribution is 2.38. The number of hydrogen-bond acceptors (Lipinski definition) is 1. The molecule has 1 saturated carbocycles. The van der Waals surface area contributed by atoms with Crippen molar-refractivity contribution >= 4 is 0 Å². The Labute approximate surface area is 137 Å². The second kappa shape index (κ2) is 7.53. The summed E-state index contributed by atoms with van der Waals surface area (Å²) in [6.45, 7) is 9.20. The van der Waals surface area contributed by atoms with Crippen molar-refractivity contribution in [1.29, 1.82) is 0 Å². The molecule has 1 saturated heterocycles. The van der Waals surface area contributed by atoms with Crippen LogP contribution in [0.4, 0.5) is 0 Å². The smallest absolute Gasteiger partial charge is 0.0177 e. The molecular formula is C21H33N. The average Bonchev–Trinajstić information content (AvgIpc) is 3.37. The van der Waals surface area contributed by atoms with Crippen LogP contribution in [-0.4, -0.2) is 18.0 Å². The van der Waals surface area contributed by atoms with Crippen molar-refractivity contribution in [3.8, 4) is 0 Å². The molecule has 0 N–H and O–H groups in total. The fourth-order valence-electron chi connectivity index (χ4n) is 3.93. The van der Waals surface area contributed by atoms with Gasteiger partial charge in [-0.15, -0.1) is 0 Å².